The topological polar surface area (TPSA) is 46.1 Å². The van der Waals surface area contributed by atoms with Crippen LogP contribution in [0.1, 0.15) is 13.8 Å². The average molecular weight is 205 g/mol. The van der Waals surface area contributed by atoms with Crippen LogP contribution in [-0.2, 0) is 26.2 Å². The molecule has 0 amide bonds. The summed E-state index contributed by atoms with van der Waals surface area (Å²) in [6.07, 6.45) is 0. The van der Waals surface area contributed by atoms with E-state index in [2.05, 4.69) is 13.2 Å². The third-order valence-corrected chi connectivity index (χ3v) is 0. The maximum Gasteiger partial charge on any atom is 2.00 e. The van der Waals surface area contributed by atoms with Gasteiger partial charge in [0.2, 0.25) is 0 Å². The molecule has 0 N–H and O–H groups in total. The Bertz CT molecular complexity index is 69.1. The zero-order valence-corrected chi connectivity index (χ0v) is 8.19. The van der Waals surface area contributed by atoms with Crippen molar-refractivity contribution in [3.05, 3.63) is 24.7 Å². The summed E-state index contributed by atoms with van der Waals surface area (Å²) in [6.45, 7) is 8.83. The van der Waals surface area contributed by atoms with Gasteiger partial charge in [-0.25, -0.2) is 0 Å². The minimum Gasteiger partial charge on any atom is -0.876 e. The van der Waals surface area contributed by atoms with Gasteiger partial charge in [-0.1, -0.05) is 13.8 Å². The quantitative estimate of drug-likeness (QED) is 0.512. The molecule has 3 heteroatoms. The van der Waals surface area contributed by atoms with Crippen LogP contribution in [0.5, 0.6) is 0 Å². The zero-order valence-electron chi connectivity index (χ0n) is 5.73. The molecule has 0 saturated carbocycles. The molecule has 0 spiro atoms. The molecule has 9 heavy (non-hydrogen) atoms. The molecule has 0 atom stereocenters. The van der Waals surface area contributed by atoms with Crippen LogP contribution >= 0.6 is 0 Å². The Labute approximate surface area is 75.0 Å². The number of hydrogen-bond donors (Lipinski definition) is 0. The van der Waals surface area contributed by atoms with Crippen molar-refractivity contribution in [2.24, 2.45) is 0 Å². The zero-order chi connectivity index (χ0) is 7.15. The van der Waals surface area contributed by atoms with Crippen LogP contribution in [0.2, 0.25) is 0 Å². The summed E-state index contributed by atoms with van der Waals surface area (Å²) >= 11 is 0. The van der Waals surface area contributed by atoms with Gasteiger partial charge in [-0.3, -0.25) is 0 Å². The minimum atomic E-state index is -0.0833. The summed E-state index contributed by atoms with van der Waals surface area (Å²) in [5, 5.41) is 18.7. The summed E-state index contributed by atoms with van der Waals surface area (Å²) in [5.74, 6) is -0.167. The van der Waals surface area contributed by atoms with Crippen LogP contribution in [0.25, 0.3) is 0 Å². The van der Waals surface area contributed by atoms with Crippen molar-refractivity contribution in [1.29, 1.82) is 0 Å². The van der Waals surface area contributed by atoms with E-state index in [1.54, 1.807) is 0 Å². The molecule has 2 nitrogen and oxygen atoms in total. The molecule has 0 unspecified atom stereocenters. The van der Waals surface area contributed by atoms with E-state index < -0.39 is 0 Å². The van der Waals surface area contributed by atoms with Gasteiger partial charge in [0.1, 0.15) is 0 Å². The van der Waals surface area contributed by atoms with Crippen LogP contribution in [0.15, 0.2) is 24.7 Å². The molecule has 0 rings (SSSR count). The molecule has 0 aromatic carbocycles. The van der Waals surface area contributed by atoms with Crippen molar-refractivity contribution in [2.75, 3.05) is 0 Å². The van der Waals surface area contributed by atoms with Crippen LogP contribution in [0.3, 0.4) is 0 Å². The van der Waals surface area contributed by atoms with Gasteiger partial charge in [-0.05, 0) is 0 Å². The van der Waals surface area contributed by atoms with Gasteiger partial charge in [-0.2, -0.15) is 0 Å². The summed E-state index contributed by atoms with van der Waals surface area (Å²) in [5.41, 5.74) is 0. The van der Waals surface area contributed by atoms with Crippen molar-refractivity contribution in [1.82, 2.24) is 0 Å². The van der Waals surface area contributed by atoms with Gasteiger partial charge in [0.25, 0.3) is 0 Å². The van der Waals surface area contributed by atoms with Crippen molar-refractivity contribution in [2.45, 2.75) is 13.8 Å². The SMILES string of the molecule is C=C(C)[O-].C=C(C)[O-].[Zr+2]. The van der Waals surface area contributed by atoms with Crippen molar-refractivity contribution >= 4 is 0 Å². The Balaban J connectivity index is -0.0000000720. The first-order chi connectivity index (χ1) is 3.46. The van der Waals surface area contributed by atoms with Gasteiger partial charge in [-0.15, -0.1) is 24.7 Å². The van der Waals surface area contributed by atoms with Crippen LogP contribution in [0, 0.1) is 0 Å². The van der Waals surface area contributed by atoms with Crippen molar-refractivity contribution in [3.8, 4) is 0 Å². The van der Waals surface area contributed by atoms with Crippen LogP contribution in [0.4, 0.5) is 0 Å². The molecule has 0 aliphatic carbocycles. The summed E-state index contributed by atoms with van der Waals surface area (Å²) in [4.78, 5) is 0. The minimum absolute atomic E-state index is 0. The summed E-state index contributed by atoms with van der Waals surface area (Å²) in [7, 11) is 0. The normalized spacial score (nSPS) is 5.56. The monoisotopic (exact) mass is 204 g/mol. The molecule has 0 radical (unpaired) electrons. The van der Waals surface area contributed by atoms with E-state index in [0.717, 1.165) is 0 Å². The Hall–Kier alpha value is -0.0369. The second kappa shape index (κ2) is 10.9. The molecular weight excluding hydrogens is 195 g/mol. The van der Waals surface area contributed by atoms with Crippen molar-refractivity contribution in [3.63, 3.8) is 0 Å². The van der Waals surface area contributed by atoms with Gasteiger partial charge in [0.15, 0.2) is 0 Å². The van der Waals surface area contributed by atoms with Gasteiger partial charge < -0.3 is 10.2 Å². The third kappa shape index (κ3) is 208000. The average Bonchev–Trinajstić information content (AvgIpc) is 1.25. The molecular formula is C6H10O2Zr. The van der Waals surface area contributed by atoms with E-state index >= 15 is 0 Å². The third-order valence-electron chi connectivity index (χ3n) is 0. The second-order valence-corrected chi connectivity index (χ2v) is 1.40. The molecule has 0 aromatic rings. The largest absolute Gasteiger partial charge is 2.00 e. The van der Waals surface area contributed by atoms with Gasteiger partial charge in [0, 0.05) is 0 Å². The summed E-state index contributed by atoms with van der Waals surface area (Å²) < 4.78 is 0. The van der Waals surface area contributed by atoms with Crippen molar-refractivity contribution < 1.29 is 36.4 Å². The van der Waals surface area contributed by atoms with E-state index in [-0.39, 0.29) is 37.7 Å². The van der Waals surface area contributed by atoms with E-state index in [1.807, 2.05) is 0 Å². The van der Waals surface area contributed by atoms with Gasteiger partial charge >= 0.3 is 26.2 Å². The molecule has 0 aliphatic rings. The van der Waals surface area contributed by atoms with Gasteiger partial charge in [0.05, 0.1) is 0 Å². The first-order valence-electron chi connectivity index (χ1n) is 2.12. The molecule has 0 fully saturated rings. The standard InChI is InChI=1S/2C3H6O.Zr/c2*1-3(2)4;/h2*4H,1H2,2H3;/q;;+2/p-2. The molecule has 0 saturated heterocycles. The molecule has 0 aliphatic heterocycles. The molecule has 0 aromatic heterocycles. The number of rotatable bonds is 0. The number of allylic oxidation sites excluding steroid dienone is 2. The van der Waals surface area contributed by atoms with Crippen LogP contribution in [-0.4, -0.2) is 0 Å². The molecule has 50 valence electrons. The number of hydrogen-bond acceptors (Lipinski definition) is 2. The Morgan fingerprint density at radius 1 is 1.00 bits per heavy atom. The van der Waals surface area contributed by atoms with E-state index in [9.17, 15) is 10.2 Å². The second-order valence-electron chi connectivity index (χ2n) is 1.40. The Morgan fingerprint density at radius 3 is 1.00 bits per heavy atom. The predicted octanol–water partition coefficient (Wildman–Crippen LogP) is -0.242. The fraction of sp³-hybridized carbons (Fsp3) is 0.333. The maximum atomic E-state index is 9.33. The smallest absolute Gasteiger partial charge is 0.876 e. The Kier molecular flexibility index (Phi) is 19.3. The van der Waals surface area contributed by atoms with Crippen LogP contribution < -0.4 is 10.2 Å². The molecule has 0 bridgehead atoms. The molecule has 0 heterocycles. The van der Waals surface area contributed by atoms with E-state index in [0.29, 0.717) is 0 Å². The summed E-state index contributed by atoms with van der Waals surface area (Å²) in [6, 6.07) is 0. The van der Waals surface area contributed by atoms with E-state index in [4.69, 9.17) is 0 Å². The Morgan fingerprint density at radius 2 is 1.00 bits per heavy atom. The van der Waals surface area contributed by atoms with E-state index in [1.165, 1.54) is 13.8 Å². The fourth-order valence-corrected chi connectivity index (χ4v) is 0. The first kappa shape index (κ1) is 16.0. The fourth-order valence-electron chi connectivity index (χ4n) is 0. The first-order valence-corrected chi connectivity index (χ1v) is 2.12. The predicted molar refractivity (Wildman–Crippen MR) is 29.6 cm³/mol. The maximum absolute atomic E-state index is 9.33.